The van der Waals surface area contributed by atoms with Gasteiger partial charge < -0.3 is 5.32 Å². The number of halogens is 1. The van der Waals surface area contributed by atoms with Gasteiger partial charge in [0.1, 0.15) is 0 Å². The van der Waals surface area contributed by atoms with E-state index in [1.807, 2.05) is 25.1 Å². The van der Waals surface area contributed by atoms with Crippen LogP contribution in [-0.4, -0.2) is 11.9 Å². The van der Waals surface area contributed by atoms with Crippen molar-refractivity contribution >= 4 is 21.8 Å². The van der Waals surface area contributed by atoms with Gasteiger partial charge in [-0.25, -0.2) is 0 Å². The molecule has 2 rings (SSSR count). The van der Waals surface area contributed by atoms with Crippen LogP contribution in [0.4, 0.5) is 0 Å². The maximum absolute atomic E-state index is 12.0. The van der Waals surface area contributed by atoms with Gasteiger partial charge in [-0.15, -0.1) is 0 Å². The summed E-state index contributed by atoms with van der Waals surface area (Å²) in [6, 6.07) is 6.15. The Balaban J connectivity index is 1.94. The van der Waals surface area contributed by atoms with Crippen LogP contribution in [-0.2, 0) is 0 Å². The zero-order valence-corrected chi connectivity index (χ0v) is 11.9. The predicted octanol–water partition coefficient (Wildman–Crippen LogP) is 3.68. The summed E-state index contributed by atoms with van der Waals surface area (Å²) in [7, 11) is 0. The third-order valence-corrected chi connectivity index (χ3v) is 4.19. The largest absolute Gasteiger partial charge is 0.349 e. The second-order valence-corrected chi connectivity index (χ2v) is 5.68. The lowest BCUT2D eigenvalue weighted by molar-refractivity contribution is 0.0949. The molecule has 1 aliphatic carbocycles. The molecule has 3 heteroatoms. The van der Waals surface area contributed by atoms with Gasteiger partial charge in [-0.3, -0.25) is 4.79 Å². The number of carbonyl (C=O) groups is 1. The van der Waals surface area contributed by atoms with Gasteiger partial charge in [0.15, 0.2) is 0 Å². The minimum absolute atomic E-state index is 0.0503. The van der Waals surface area contributed by atoms with Gasteiger partial charge in [0.05, 0.1) is 0 Å². The topological polar surface area (TPSA) is 29.1 Å². The first-order chi connectivity index (χ1) is 8.11. The van der Waals surface area contributed by atoms with Crippen LogP contribution < -0.4 is 5.32 Å². The van der Waals surface area contributed by atoms with Gasteiger partial charge in [-0.1, -0.05) is 35.3 Å². The quantitative estimate of drug-likeness (QED) is 0.902. The SMILES string of the molecule is CCCC1CC1NC(=O)c1ccc(C)c(Br)c1. The Morgan fingerprint density at radius 3 is 2.94 bits per heavy atom. The Kier molecular flexibility index (Phi) is 3.87. The third-order valence-electron chi connectivity index (χ3n) is 3.33. The van der Waals surface area contributed by atoms with E-state index in [0.717, 1.165) is 22.0 Å². The summed E-state index contributed by atoms with van der Waals surface area (Å²) in [5.74, 6) is 0.757. The van der Waals surface area contributed by atoms with E-state index < -0.39 is 0 Å². The van der Waals surface area contributed by atoms with Crippen molar-refractivity contribution in [2.75, 3.05) is 0 Å². The van der Waals surface area contributed by atoms with Gasteiger partial charge >= 0.3 is 0 Å². The lowest BCUT2D eigenvalue weighted by atomic mass is 10.1. The van der Waals surface area contributed by atoms with E-state index in [4.69, 9.17) is 0 Å². The number of benzene rings is 1. The van der Waals surface area contributed by atoms with Crippen molar-refractivity contribution in [3.63, 3.8) is 0 Å². The molecule has 2 unspecified atom stereocenters. The number of hydrogen-bond donors (Lipinski definition) is 1. The smallest absolute Gasteiger partial charge is 0.251 e. The molecule has 0 aliphatic heterocycles. The molecule has 1 amide bonds. The number of hydrogen-bond acceptors (Lipinski definition) is 1. The Hall–Kier alpha value is -0.830. The van der Waals surface area contributed by atoms with Crippen molar-refractivity contribution in [3.05, 3.63) is 33.8 Å². The molecule has 1 aromatic carbocycles. The van der Waals surface area contributed by atoms with Crippen LogP contribution in [0.2, 0.25) is 0 Å². The minimum atomic E-state index is 0.0503. The van der Waals surface area contributed by atoms with Crippen molar-refractivity contribution in [3.8, 4) is 0 Å². The molecule has 1 saturated carbocycles. The summed E-state index contributed by atoms with van der Waals surface area (Å²) in [5, 5.41) is 3.09. The summed E-state index contributed by atoms with van der Waals surface area (Å²) < 4.78 is 0.992. The van der Waals surface area contributed by atoms with Crippen LogP contribution in [0.3, 0.4) is 0 Å². The molecule has 1 aliphatic rings. The fourth-order valence-electron chi connectivity index (χ4n) is 2.10. The maximum Gasteiger partial charge on any atom is 0.251 e. The lowest BCUT2D eigenvalue weighted by Crippen LogP contribution is -2.26. The fourth-order valence-corrected chi connectivity index (χ4v) is 2.48. The second kappa shape index (κ2) is 5.21. The van der Waals surface area contributed by atoms with Crippen LogP contribution in [0.25, 0.3) is 0 Å². The Labute approximate surface area is 111 Å². The van der Waals surface area contributed by atoms with Crippen LogP contribution in [0.1, 0.15) is 42.1 Å². The molecule has 2 atom stereocenters. The first-order valence-electron chi connectivity index (χ1n) is 6.19. The molecule has 92 valence electrons. The Bertz CT molecular complexity index is 430. The van der Waals surface area contributed by atoms with E-state index in [2.05, 4.69) is 28.2 Å². The molecule has 0 saturated heterocycles. The number of rotatable bonds is 4. The molecule has 1 fully saturated rings. The molecule has 1 aromatic rings. The molecule has 1 N–H and O–H groups in total. The molecule has 17 heavy (non-hydrogen) atoms. The zero-order chi connectivity index (χ0) is 12.4. The monoisotopic (exact) mass is 295 g/mol. The van der Waals surface area contributed by atoms with Crippen molar-refractivity contribution in [2.45, 2.75) is 39.2 Å². The number of amides is 1. The lowest BCUT2D eigenvalue weighted by Gasteiger charge is -2.06. The van der Waals surface area contributed by atoms with E-state index >= 15 is 0 Å². The van der Waals surface area contributed by atoms with Gasteiger partial charge in [-0.05, 0) is 43.4 Å². The molecule has 0 bridgehead atoms. The second-order valence-electron chi connectivity index (χ2n) is 4.83. The molecule has 0 aromatic heterocycles. The summed E-state index contributed by atoms with van der Waals surface area (Å²) in [6.45, 7) is 4.21. The van der Waals surface area contributed by atoms with E-state index in [1.165, 1.54) is 12.8 Å². The highest BCUT2D eigenvalue weighted by molar-refractivity contribution is 9.10. The predicted molar refractivity (Wildman–Crippen MR) is 73.1 cm³/mol. The maximum atomic E-state index is 12.0. The number of nitrogens with one attached hydrogen (secondary N) is 1. The normalized spacial score (nSPS) is 22.3. The highest BCUT2D eigenvalue weighted by Gasteiger charge is 2.37. The zero-order valence-electron chi connectivity index (χ0n) is 10.3. The van der Waals surface area contributed by atoms with Crippen LogP contribution in [0.5, 0.6) is 0 Å². The Morgan fingerprint density at radius 1 is 1.53 bits per heavy atom. The summed E-state index contributed by atoms with van der Waals surface area (Å²) in [4.78, 5) is 12.0. The summed E-state index contributed by atoms with van der Waals surface area (Å²) in [5.41, 5.74) is 1.89. The van der Waals surface area contributed by atoms with Gasteiger partial charge in [0.2, 0.25) is 0 Å². The van der Waals surface area contributed by atoms with Crippen LogP contribution in [0, 0.1) is 12.8 Å². The first-order valence-corrected chi connectivity index (χ1v) is 6.98. The van der Waals surface area contributed by atoms with E-state index in [-0.39, 0.29) is 5.91 Å². The molecular weight excluding hydrogens is 278 g/mol. The summed E-state index contributed by atoms with van der Waals surface area (Å²) >= 11 is 3.45. The number of carbonyl (C=O) groups excluding carboxylic acids is 1. The van der Waals surface area contributed by atoms with E-state index in [0.29, 0.717) is 12.0 Å². The van der Waals surface area contributed by atoms with Crippen LogP contribution >= 0.6 is 15.9 Å². The van der Waals surface area contributed by atoms with E-state index in [9.17, 15) is 4.79 Å². The average molecular weight is 296 g/mol. The highest BCUT2D eigenvalue weighted by atomic mass is 79.9. The Morgan fingerprint density at radius 2 is 2.29 bits per heavy atom. The van der Waals surface area contributed by atoms with Gasteiger partial charge in [-0.2, -0.15) is 0 Å². The molecule has 0 heterocycles. The van der Waals surface area contributed by atoms with Crippen molar-refractivity contribution in [1.82, 2.24) is 5.32 Å². The number of aryl methyl sites for hydroxylation is 1. The molecule has 0 spiro atoms. The van der Waals surface area contributed by atoms with Crippen LogP contribution in [0.15, 0.2) is 22.7 Å². The fraction of sp³-hybridized carbons (Fsp3) is 0.500. The molecular formula is C14H18BrNO. The van der Waals surface area contributed by atoms with Crippen molar-refractivity contribution in [2.24, 2.45) is 5.92 Å². The standard InChI is InChI=1S/C14H18BrNO/c1-3-4-10-8-13(10)16-14(17)11-6-5-9(2)12(15)7-11/h5-7,10,13H,3-4,8H2,1-2H3,(H,16,17). The molecule has 0 radical (unpaired) electrons. The minimum Gasteiger partial charge on any atom is -0.349 e. The molecule has 2 nitrogen and oxygen atoms in total. The van der Waals surface area contributed by atoms with Crippen molar-refractivity contribution < 1.29 is 4.79 Å². The van der Waals surface area contributed by atoms with Gasteiger partial charge in [0, 0.05) is 16.1 Å². The average Bonchev–Trinajstić information content (AvgIpc) is 3.01. The summed E-state index contributed by atoms with van der Waals surface area (Å²) in [6.07, 6.45) is 3.57. The highest BCUT2D eigenvalue weighted by Crippen LogP contribution is 2.34. The van der Waals surface area contributed by atoms with Gasteiger partial charge in [0.25, 0.3) is 5.91 Å². The first kappa shape index (κ1) is 12.6. The van der Waals surface area contributed by atoms with Crippen molar-refractivity contribution in [1.29, 1.82) is 0 Å². The van der Waals surface area contributed by atoms with E-state index in [1.54, 1.807) is 0 Å². The third kappa shape index (κ3) is 3.09.